The van der Waals surface area contributed by atoms with Crippen LogP contribution in [0.4, 0.5) is 5.69 Å². The Morgan fingerprint density at radius 3 is 2.41 bits per heavy atom. The number of carbonyl (C=O) groups excluding carboxylic acids is 1. The van der Waals surface area contributed by atoms with Crippen LogP contribution in [0.15, 0.2) is 114 Å². The van der Waals surface area contributed by atoms with Gasteiger partial charge in [0.25, 0.3) is 5.91 Å². The summed E-state index contributed by atoms with van der Waals surface area (Å²) in [7, 11) is 0. The van der Waals surface area contributed by atoms with Gasteiger partial charge in [-0.2, -0.15) is 5.10 Å². The fraction of sp³-hybridized carbons (Fsp3) is 0.0968. The number of pyridine rings is 2. The van der Waals surface area contributed by atoms with Crippen LogP contribution in [0.2, 0.25) is 0 Å². The molecule has 0 saturated heterocycles. The van der Waals surface area contributed by atoms with Crippen molar-refractivity contribution in [2.45, 2.75) is 13.5 Å². The SMILES string of the molecule is CCN(Cc1ccccc1)c1ccc(C=NNC(=O)c2cc(-c3ccccn3)nc3ccccc23)cc1. The van der Waals surface area contributed by atoms with Gasteiger partial charge >= 0.3 is 0 Å². The van der Waals surface area contributed by atoms with Gasteiger partial charge in [-0.1, -0.05) is 66.7 Å². The molecule has 182 valence electrons. The number of hydrogen-bond acceptors (Lipinski definition) is 5. The Labute approximate surface area is 216 Å². The fourth-order valence-corrected chi connectivity index (χ4v) is 4.20. The summed E-state index contributed by atoms with van der Waals surface area (Å²) >= 11 is 0. The average molecular weight is 486 g/mol. The molecule has 0 bridgehead atoms. The zero-order valence-corrected chi connectivity index (χ0v) is 20.6. The molecule has 0 radical (unpaired) electrons. The van der Waals surface area contributed by atoms with Gasteiger partial charge in [0, 0.05) is 30.4 Å². The number of hydrazone groups is 1. The monoisotopic (exact) mass is 485 g/mol. The highest BCUT2D eigenvalue weighted by molar-refractivity contribution is 6.07. The van der Waals surface area contributed by atoms with Gasteiger partial charge in [-0.15, -0.1) is 0 Å². The van der Waals surface area contributed by atoms with Crippen molar-refractivity contribution in [1.82, 2.24) is 15.4 Å². The highest BCUT2D eigenvalue weighted by atomic mass is 16.2. The predicted molar refractivity (Wildman–Crippen MR) is 150 cm³/mol. The number of carbonyl (C=O) groups is 1. The molecule has 0 aliphatic rings. The van der Waals surface area contributed by atoms with E-state index in [2.05, 4.69) is 68.7 Å². The van der Waals surface area contributed by atoms with Gasteiger partial charge in [0.1, 0.15) is 0 Å². The lowest BCUT2D eigenvalue weighted by molar-refractivity contribution is 0.0956. The predicted octanol–water partition coefficient (Wildman–Crippen LogP) is 6.09. The summed E-state index contributed by atoms with van der Waals surface area (Å²) in [6.07, 6.45) is 3.36. The summed E-state index contributed by atoms with van der Waals surface area (Å²) in [5.41, 5.74) is 8.55. The summed E-state index contributed by atoms with van der Waals surface area (Å²) in [4.78, 5) is 24.5. The van der Waals surface area contributed by atoms with Gasteiger partial charge in [-0.3, -0.25) is 9.78 Å². The van der Waals surface area contributed by atoms with Crippen LogP contribution in [0.25, 0.3) is 22.3 Å². The summed E-state index contributed by atoms with van der Waals surface area (Å²) in [5.74, 6) is -0.302. The highest BCUT2D eigenvalue weighted by Gasteiger charge is 2.14. The van der Waals surface area contributed by atoms with Gasteiger partial charge in [-0.25, -0.2) is 10.4 Å². The minimum Gasteiger partial charge on any atom is -0.367 e. The van der Waals surface area contributed by atoms with Crippen LogP contribution in [0, 0.1) is 0 Å². The smallest absolute Gasteiger partial charge is 0.272 e. The first-order valence-electron chi connectivity index (χ1n) is 12.2. The number of aromatic nitrogens is 2. The number of rotatable bonds is 8. The van der Waals surface area contributed by atoms with E-state index in [1.165, 1.54) is 5.56 Å². The molecule has 3 aromatic carbocycles. The van der Waals surface area contributed by atoms with E-state index in [9.17, 15) is 4.79 Å². The van der Waals surface area contributed by atoms with Crippen LogP contribution in [0.1, 0.15) is 28.4 Å². The first-order valence-corrected chi connectivity index (χ1v) is 12.2. The molecule has 0 aliphatic carbocycles. The van der Waals surface area contributed by atoms with Crippen molar-refractivity contribution in [3.63, 3.8) is 0 Å². The van der Waals surface area contributed by atoms with Gasteiger partial charge in [0.2, 0.25) is 0 Å². The number of benzene rings is 3. The van der Waals surface area contributed by atoms with E-state index < -0.39 is 0 Å². The second-order valence-electron chi connectivity index (χ2n) is 8.58. The third-order valence-electron chi connectivity index (χ3n) is 6.12. The molecular formula is C31H27N5O. The van der Waals surface area contributed by atoms with Crippen LogP contribution in [0.5, 0.6) is 0 Å². The second kappa shape index (κ2) is 11.3. The van der Waals surface area contributed by atoms with E-state index in [-0.39, 0.29) is 5.91 Å². The number of fused-ring (bicyclic) bond motifs is 1. The molecule has 0 spiro atoms. The first-order chi connectivity index (χ1) is 18.2. The molecule has 2 heterocycles. The standard InChI is InChI=1S/C31H27N5O/c1-2-36(22-24-10-4-3-5-11-24)25-17-15-23(16-18-25)21-33-35-31(37)27-20-30(29-14-8-9-19-32-29)34-28-13-7-6-12-26(27)28/h3-21H,2,22H2,1H3,(H,35,37). The lowest BCUT2D eigenvalue weighted by Gasteiger charge is -2.23. The molecule has 0 fully saturated rings. The summed E-state index contributed by atoms with van der Waals surface area (Å²) < 4.78 is 0. The van der Waals surface area contributed by atoms with Crippen LogP contribution in [0.3, 0.4) is 0 Å². The molecule has 1 amide bonds. The maximum absolute atomic E-state index is 13.1. The fourth-order valence-electron chi connectivity index (χ4n) is 4.20. The lowest BCUT2D eigenvalue weighted by Crippen LogP contribution is -2.21. The zero-order valence-electron chi connectivity index (χ0n) is 20.6. The van der Waals surface area contributed by atoms with Crippen molar-refractivity contribution in [1.29, 1.82) is 0 Å². The van der Waals surface area contributed by atoms with Crippen molar-refractivity contribution >= 4 is 28.7 Å². The Hall–Kier alpha value is -4.84. The third-order valence-corrected chi connectivity index (χ3v) is 6.12. The molecule has 0 aliphatic heterocycles. The Morgan fingerprint density at radius 1 is 0.892 bits per heavy atom. The first kappa shape index (κ1) is 23.9. The number of para-hydroxylation sites is 1. The van der Waals surface area contributed by atoms with Crippen molar-refractivity contribution in [3.8, 4) is 11.4 Å². The number of hydrogen-bond donors (Lipinski definition) is 1. The molecule has 5 aromatic rings. The number of nitrogens with one attached hydrogen (secondary N) is 1. The van der Waals surface area contributed by atoms with Crippen molar-refractivity contribution in [2.24, 2.45) is 5.10 Å². The Bertz CT molecular complexity index is 1520. The van der Waals surface area contributed by atoms with E-state index in [1.807, 2.05) is 60.7 Å². The average Bonchev–Trinajstić information content (AvgIpc) is 2.96. The van der Waals surface area contributed by atoms with E-state index in [1.54, 1.807) is 18.5 Å². The highest BCUT2D eigenvalue weighted by Crippen LogP contribution is 2.24. The molecule has 37 heavy (non-hydrogen) atoms. The van der Waals surface area contributed by atoms with Crippen molar-refractivity contribution < 1.29 is 4.79 Å². The lowest BCUT2D eigenvalue weighted by atomic mass is 10.1. The number of nitrogens with zero attached hydrogens (tertiary/aromatic N) is 4. The molecule has 0 unspecified atom stereocenters. The molecule has 0 atom stereocenters. The van der Waals surface area contributed by atoms with Crippen LogP contribution >= 0.6 is 0 Å². The van der Waals surface area contributed by atoms with Crippen molar-refractivity contribution in [2.75, 3.05) is 11.4 Å². The van der Waals surface area contributed by atoms with E-state index in [0.29, 0.717) is 17.0 Å². The van der Waals surface area contributed by atoms with Crippen LogP contribution in [-0.4, -0.2) is 28.6 Å². The Kier molecular flexibility index (Phi) is 7.27. The Balaban J connectivity index is 1.31. The van der Waals surface area contributed by atoms with Crippen LogP contribution in [-0.2, 0) is 6.54 Å². The molecule has 2 aromatic heterocycles. The molecule has 1 N–H and O–H groups in total. The number of amides is 1. The van der Waals surface area contributed by atoms with E-state index >= 15 is 0 Å². The van der Waals surface area contributed by atoms with Gasteiger partial charge in [0.05, 0.1) is 28.7 Å². The van der Waals surface area contributed by atoms with Gasteiger partial charge < -0.3 is 4.90 Å². The number of anilines is 1. The van der Waals surface area contributed by atoms with E-state index in [4.69, 9.17) is 0 Å². The molecule has 6 nitrogen and oxygen atoms in total. The normalized spacial score (nSPS) is 11.1. The molecule has 5 rings (SSSR count). The van der Waals surface area contributed by atoms with Crippen molar-refractivity contribution in [3.05, 3.63) is 126 Å². The molecule has 0 saturated carbocycles. The quantitative estimate of drug-likeness (QED) is 0.213. The minimum atomic E-state index is -0.302. The van der Waals surface area contributed by atoms with Crippen LogP contribution < -0.4 is 10.3 Å². The van der Waals surface area contributed by atoms with Gasteiger partial charge in [0.15, 0.2) is 0 Å². The summed E-state index contributed by atoms with van der Waals surface area (Å²) in [6, 6.07) is 33.5. The maximum Gasteiger partial charge on any atom is 0.272 e. The molecule has 6 heteroatoms. The summed E-state index contributed by atoms with van der Waals surface area (Å²) in [6.45, 7) is 3.90. The largest absolute Gasteiger partial charge is 0.367 e. The van der Waals surface area contributed by atoms with E-state index in [0.717, 1.165) is 35.2 Å². The minimum absolute atomic E-state index is 0.302. The third kappa shape index (κ3) is 5.70. The maximum atomic E-state index is 13.1. The molecular weight excluding hydrogens is 458 g/mol. The zero-order chi connectivity index (χ0) is 25.5. The van der Waals surface area contributed by atoms with Gasteiger partial charge in [-0.05, 0) is 54.4 Å². The Morgan fingerprint density at radius 2 is 1.65 bits per heavy atom. The second-order valence-corrected chi connectivity index (χ2v) is 8.58. The topological polar surface area (TPSA) is 70.5 Å². The summed E-state index contributed by atoms with van der Waals surface area (Å²) in [5, 5.41) is 4.98.